The Hall–Kier alpha value is -0.650. The standard InChI is InChI=1S/C18H35NO4/c1-6-17(4)13-15(9-11-23-17)18(5,21)14-16(20)22-12-10-19(7-2)8-3/h15,21H,6-14H2,1-5H3/t15-,17-,18-/m1/s1. The average Bonchev–Trinajstić information content (AvgIpc) is 2.51. The van der Waals surface area contributed by atoms with Crippen LogP contribution in [0.4, 0.5) is 0 Å². The van der Waals surface area contributed by atoms with E-state index < -0.39 is 5.60 Å². The number of carbonyl (C=O) groups excluding carboxylic acids is 1. The molecule has 0 aromatic carbocycles. The fourth-order valence-electron chi connectivity index (χ4n) is 3.22. The van der Waals surface area contributed by atoms with Gasteiger partial charge in [0.2, 0.25) is 0 Å². The first kappa shape index (κ1) is 20.4. The van der Waals surface area contributed by atoms with Gasteiger partial charge in [0.1, 0.15) is 6.61 Å². The third-order valence-corrected chi connectivity index (χ3v) is 5.29. The molecular weight excluding hydrogens is 294 g/mol. The van der Waals surface area contributed by atoms with E-state index in [1.54, 1.807) is 6.92 Å². The molecule has 0 spiro atoms. The molecule has 1 N–H and O–H groups in total. The third-order valence-electron chi connectivity index (χ3n) is 5.29. The molecule has 5 heteroatoms. The van der Waals surface area contributed by atoms with E-state index in [2.05, 4.69) is 32.6 Å². The SMILES string of the molecule is CCN(CC)CCOC(=O)C[C@@](C)(O)[C@@H]1CCO[C@](C)(CC)C1. The Kier molecular flexibility index (Phi) is 7.98. The largest absolute Gasteiger partial charge is 0.464 e. The molecular formula is C18H35NO4. The maximum atomic E-state index is 12.1. The van der Waals surface area contributed by atoms with Crippen molar-refractivity contribution < 1.29 is 19.4 Å². The Balaban J connectivity index is 2.45. The van der Waals surface area contributed by atoms with E-state index in [0.29, 0.717) is 13.2 Å². The number of hydrogen-bond donors (Lipinski definition) is 1. The van der Waals surface area contributed by atoms with Crippen molar-refractivity contribution >= 4 is 5.97 Å². The van der Waals surface area contributed by atoms with Crippen LogP contribution in [0.3, 0.4) is 0 Å². The van der Waals surface area contributed by atoms with Crippen LogP contribution in [-0.2, 0) is 14.3 Å². The molecule has 5 nitrogen and oxygen atoms in total. The number of likely N-dealkylation sites (N-methyl/N-ethyl adjacent to an activating group) is 1. The van der Waals surface area contributed by atoms with Crippen LogP contribution in [0.1, 0.15) is 60.3 Å². The van der Waals surface area contributed by atoms with E-state index >= 15 is 0 Å². The van der Waals surface area contributed by atoms with Gasteiger partial charge in [-0.25, -0.2) is 0 Å². The smallest absolute Gasteiger partial charge is 0.308 e. The second kappa shape index (κ2) is 9.00. The van der Waals surface area contributed by atoms with Gasteiger partial charge in [-0.05, 0) is 52.1 Å². The molecule has 1 aliphatic rings. The van der Waals surface area contributed by atoms with Gasteiger partial charge in [0, 0.05) is 13.2 Å². The maximum Gasteiger partial charge on any atom is 0.308 e. The maximum absolute atomic E-state index is 12.1. The van der Waals surface area contributed by atoms with Gasteiger partial charge < -0.3 is 19.5 Å². The molecule has 0 aliphatic carbocycles. The van der Waals surface area contributed by atoms with Crippen molar-refractivity contribution in [3.8, 4) is 0 Å². The summed E-state index contributed by atoms with van der Waals surface area (Å²) in [5.74, 6) is -0.247. The second-order valence-corrected chi connectivity index (χ2v) is 7.12. The van der Waals surface area contributed by atoms with Crippen LogP contribution in [0.2, 0.25) is 0 Å². The summed E-state index contributed by atoms with van der Waals surface area (Å²) in [7, 11) is 0. The Morgan fingerprint density at radius 2 is 2.04 bits per heavy atom. The van der Waals surface area contributed by atoms with E-state index in [4.69, 9.17) is 9.47 Å². The Morgan fingerprint density at radius 1 is 1.39 bits per heavy atom. The first-order valence-electron chi connectivity index (χ1n) is 9.00. The summed E-state index contributed by atoms with van der Waals surface area (Å²) in [6, 6.07) is 0. The number of hydrogen-bond acceptors (Lipinski definition) is 5. The van der Waals surface area contributed by atoms with Crippen molar-refractivity contribution in [2.75, 3.05) is 32.8 Å². The third kappa shape index (κ3) is 6.40. The summed E-state index contributed by atoms with van der Waals surface area (Å²) in [5, 5.41) is 10.8. The summed E-state index contributed by atoms with van der Waals surface area (Å²) in [6.45, 7) is 13.8. The predicted octanol–water partition coefficient (Wildman–Crippen LogP) is 2.61. The van der Waals surface area contributed by atoms with Crippen LogP contribution < -0.4 is 0 Å². The van der Waals surface area contributed by atoms with Gasteiger partial charge >= 0.3 is 5.97 Å². The van der Waals surface area contributed by atoms with E-state index in [0.717, 1.165) is 38.9 Å². The van der Waals surface area contributed by atoms with E-state index in [1.165, 1.54) is 0 Å². The zero-order valence-corrected chi connectivity index (χ0v) is 15.6. The monoisotopic (exact) mass is 329 g/mol. The summed E-state index contributed by atoms with van der Waals surface area (Å²) in [5.41, 5.74) is -1.23. The van der Waals surface area contributed by atoms with Crippen molar-refractivity contribution in [1.82, 2.24) is 4.90 Å². The predicted molar refractivity (Wildman–Crippen MR) is 91.4 cm³/mol. The summed E-state index contributed by atoms with van der Waals surface area (Å²) < 4.78 is 11.1. The normalized spacial score (nSPS) is 27.7. The van der Waals surface area contributed by atoms with E-state index in [-0.39, 0.29) is 23.9 Å². The fraction of sp³-hybridized carbons (Fsp3) is 0.944. The van der Waals surface area contributed by atoms with Crippen LogP contribution in [0.5, 0.6) is 0 Å². The molecule has 0 aromatic heterocycles. The van der Waals surface area contributed by atoms with E-state index in [1.807, 2.05) is 0 Å². The molecule has 0 saturated carbocycles. The van der Waals surface area contributed by atoms with Crippen LogP contribution in [0.25, 0.3) is 0 Å². The molecule has 0 bridgehead atoms. The first-order chi connectivity index (χ1) is 10.8. The van der Waals surface area contributed by atoms with Crippen LogP contribution in [0, 0.1) is 5.92 Å². The molecule has 23 heavy (non-hydrogen) atoms. The lowest BCUT2D eigenvalue weighted by Crippen LogP contribution is -2.46. The number of aliphatic hydroxyl groups is 1. The average molecular weight is 329 g/mol. The molecule has 0 aromatic rings. The zero-order chi connectivity index (χ0) is 17.5. The lowest BCUT2D eigenvalue weighted by molar-refractivity contribution is -0.160. The van der Waals surface area contributed by atoms with Crippen LogP contribution >= 0.6 is 0 Å². The lowest BCUT2D eigenvalue weighted by atomic mass is 9.75. The van der Waals surface area contributed by atoms with Gasteiger partial charge in [-0.2, -0.15) is 0 Å². The van der Waals surface area contributed by atoms with Crippen molar-refractivity contribution in [2.45, 2.75) is 71.5 Å². The Labute approximate surface area is 141 Å². The minimum atomic E-state index is -1.04. The number of nitrogens with zero attached hydrogens (tertiary/aromatic N) is 1. The Morgan fingerprint density at radius 3 is 2.61 bits per heavy atom. The fourth-order valence-corrected chi connectivity index (χ4v) is 3.22. The van der Waals surface area contributed by atoms with Gasteiger partial charge in [-0.1, -0.05) is 20.8 Å². The molecule has 0 amide bonds. The highest BCUT2D eigenvalue weighted by Gasteiger charge is 2.42. The first-order valence-corrected chi connectivity index (χ1v) is 9.00. The van der Waals surface area contributed by atoms with Crippen molar-refractivity contribution in [3.63, 3.8) is 0 Å². The number of carbonyl (C=O) groups is 1. The van der Waals surface area contributed by atoms with Crippen molar-refractivity contribution in [2.24, 2.45) is 5.92 Å². The quantitative estimate of drug-likeness (QED) is 0.659. The highest BCUT2D eigenvalue weighted by Crippen LogP contribution is 2.38. The van der Waals surface area contributed by atoms with Gasteiger partial charge in [-0.3, -0.25) is 4.79 Å². The highest BCUT2D eigenvalue weighted by atomic mass is 16.5. The molecule has 1 rings (SSSR count). The number of ether oxygens (including phenoxy) is 2. The van der Waals surface area contributed by atoms with Crippen LogP contribution in [0.15, 0.2) is 0 Å². The molecule has 0 unspecified atom stereocenters. The minimum Gasteiger partial charge on any atom is -0.464 e. The molecule has 0 radical (unpaired) electrons. The van der Waals surface area contributed by atoms with Gasteiger partial charge in [0.15, 0.2) is 0 Å². The summed E-state index contributed by atoms with van der Waals surface area (Å²) >= 11 is 0. The van der Waals surface area contributed by atoms with Crippen molar-refractivity contribution in [3.05, 3.63) is 0 Å². The summed E-state index contributed by atoms with van der Waals surface area (Å²) in [6.07, 6.45) is 2.53. The molecule has 1 saturated heterocycles. The number of rotatable bonds is 9. The topological polar surface area (TPSA) is 59.0 Å². The molecule has 1 aliphatic heterocycles. The zero-order valence-electron chi connectivity index (χ0n) is 15.6. The van der Waals surface area contributed by atoms with Crippen LogP contribution in [-0.4, -0.2) is 60.0 Å². The lowest BCUT2D eigenvalue weighted by Gasteiger charge is -2.43. The molecule has 1 heterocycles. The number of esters is 1. The van der Waals surface area contributed by atoms with Gasteiger partial charge in [0.05, 0.1) is 17.6 Å². The molecule has 3 atom stereocenters. The molecule has 136 valence electrons. The molecule has 1 fully saturated rings. The Bertz CT molecular complexity index is 368. The second-order valence-electron chi connectivity index (χ2n) is 7.12. The summed E-state index contributed by atoms with van der Waals surface area (Å²) in [4.78, 5) is 14.3. The van der Waals surface area contributed by atoms with Gasteiger partial charge in [0.25, 0.3) is 0 Å². The minimum absolute atomic E-state index is 0.0513. The van der Waals surface area contributed by atoms with E-state index in [9.17, 15) is 9.90 Å². The highest BCUT2D eigenvalue weighted by molar-refractivity contribution is 5.70. The van der Waals surface area contributed by atoms with Gasteiger partial charge in [-0.15, -0.1) is 0 Å². The van der Waals surface area contributed by atoms with Crippen molar-refractivity contribution in [1.29, 1.82) is 0 Å².